The van der Waals surface area contributed by atoms with Gasteiger partial charge in [-0.2, -0.15) is 0 Å². The molecule has 2 amide bonds. The van der Waals surface area contributed by atoms with Gasteiger partial charge in [-0.1, -0.05) is 23.2 Å². The van der Waals surface area contributed by atoms with E-state index in [9.17, 15) is 9.59 Å². The van der Waals surface area contributed by atoms with Gasteiger partial charge in [-0.05, 0) is 42.5 Å². The van der Waals surface area contributed by atoms with Gasteiger partial charge in [0, 0.05) is 28.2 Å². The number of thioether (sulfide) groups is 1. The lowest BCUT2D eigenvalue weighted by Gasteiger charge is -2.08. The second-order valence-electron chi connectivity index (χ2n) is 4.67. The molecule has 0 bridgehead atoms. The average Bonchev–Trinajstić information content (AvgIpc) is 2.50. The Morgan fingerprint density at radius 3 is 2.22 bits per heavy atom. The molecule has 0 radical (unpaired) electrons. The van der Waals surface area contributed by atoms with Crippen molar-refractivity contribution in [2.75, 3.05) is 16.4 Å². The largest absolute Gasteiger partial charge is 0.326 e. The minimum absolute atomic E-state index is 0.142. The van der Waals surface area contributed by atoms with E-state index >= 15 is 0 Å². The second kappa shape index (κ2) is 8.24. The van der Waals surface area contributed by atoms with Gasteiger partial charge in [-0.25, -0.2) is 0 Å². The predicted molar refractivity (Wildman–Crippen MR) is 96.6 cm³/mol. The van der Waals surface area contributed by atoms with Crippen molar-refractivity contribution in [3.63, 3.8) is 0 Å². The van der Waals surface area contributed by atoms with Crippen molar-refractivity contribution in [3.05, 3.63) is 52.5 Å². The smallest absolute Gasteiger partial charge is 0.234 e. The van der Waals surface area contributed by atoms with Crippen LogP contribution in [0, 0.1) is 0 Å². The molecule has 0 unspecified atom stereocenters. The van der Waals surface area contributed by atoms with E-state index in [1.807, 2.05) is 0 Å². The molecule has 0 atom stereocenters. The Kier molecular flexibility index (Phi) is 6.33. The van der Waals surface area contributed by atoms with E-state index < -0.39 is 0 Å². The van der Waals surface area contributed by atoms with Gasteiger partial charge in [0.25, 0.3) is 0 Å². The maximum atomic E-state index is 12.0. The molecular weight excluding hydrogens is 355 g/mol. The molecule has 0 aliphatic carbocycles. The van der Waals surface area contributed by atoms with E-state index in [2.05, 4.69) is 10.6 Å². The lowest BCUT2D eigenvalue weighted by atomic mass is 10.3. The molecule has 23 heavy (non-hydrogen) atoms. The average molecular weight is 369 g/mol. The first-order chi connectivity index (χ1) is 10.9. The fourth-order valence-corrected chi connectivity index (χ4v) is 3.06. The van der Waals surface area contributed by atoms with E-state index in [-0.39, 0.29) is 17.6 Å². The third kappa shape index (κ3) is 5.78. The molecule has 2 aromatic rings. The highest BCUT2D eigenvalue weighted by molar-refractivity contribution is 8.00. The number of amides is 2. The van der Waals surface area contributed by atoms with Crippen LogP contribution in [0.3, 0.4) is 0 Å². The molecule has 0 aliphatic rings. The summed E-state index contributed by atoms with van der Waals surface area (Å²) in [6.07, 6.45) is 0. The molecular formula is C16H14Cl2N2O2S. The van der Waals surface area contributed by atoms with E-state index in [4.69, 9.17) is 23.2 Å². The van der Waals surface area contributed by atoms with Crippen LogP contribution in [0.5, 0.6) is 0 Å². The molecule has 0 saturated heterocycles. The summed E-state index contributed by atoms with van der Waals surface area (Å²) < 4.78 is 0. The number of hydrogen-bond donors (Lipinski definition) is 2. The molecule has 0 heterocycles. The third-order valence-corrected chi connectivity index (χ3v) is 4.47. The normalized spacial score (nSPS) is 10.2. The lowest BCUT2D eigenvalue weighted by molar-refractivity contribution is -0.114. The van der Waals surface area contributed by atoms with Crippen molar-refractivity contribution >= 4 is 58.2 Å². The SMILES string of the molecule is CC(=O)Nc1ccc(NC(=O)CSc2cc(Cl)ccc2Cl)cc1. The van der Waals surface area contributed by atoms with Gasteiger partial charge < -0.3 is 10.6 Å². The Balaban J connectivity index is 1.89. The predicted octanol–water partition coefficient (Wildman–Crippen LogP) is 4.68. The number of hydrogen-bond acceptors (Lipinski definition) is 3. The van der Waals surface area contributed by atoms with Gasteiger partial charge in [0.05, 0.1) is 10.8 Å². The Morgan fingerprint density at radius 2 is 1.61 bits per heavy atom. The quantitative estimate of drug-likeness (QED) is 0.753. The van der Waals surface area contributed by atoms with Crippen LogP contribution in [-0.4, -0.2) is 17.6 Å². The monoisotopic (exact) mass is 368 g/mol. The Bertz CT molecular complexity index is 721. The fourth-order valence-electron chi connectivity index (χ4n) is 1.77. The summed E-state index contributed by atoms with van der Waals surface area (Å²) in [6, 6.07) is 12.0. The summed E-state index contributed by atoms with van der Waals surface area (Å²) >= 11 is 13.3. The molecule has 120 valence electrons. The number of rotatable bonds is 5. The van der Waals surface area contributed by atoms with Crippen LogP contribution in [0.4, 0.5) is 11.4 Å². The summed E-state index contributed by atoms with van der Waals surface area (Å²) in [4.78, 5) is 23.7. The molecule has 2 N–H and O–H groups in total. The van der Waals surface area contributed by atoms with Crippen molar-refractivity contribution in [2.45, 2.75) is 11.8 Å². The first kappa shape index (κ1) is 17.7. The minimum Gasteiger partial charge on any atom is -0.326 e. The Morgan fingerprint density at radius 1 is 1.00 bits per heavy atom. The summed E-state index contributed by atoms with van der Waals surface area (Å²) in [5.41, 5.74) is 1.33. The van der Waals surface area contributed by atoms with E-state index in [1.165, 1.54) is 18.7 Å². The number of carbonyl (C=O) groups excluding carboxylic acids is 2. The molecule has 2 rings (SSSR count). The summed E-state index contributed by atoms with van der Waals surface area (Å²) in [5.74, 6) is -0.0806. The van der Waals surface area contributed by atoms with Crippen LogP contribution < -0.4 is 10.6 Å². The minimum atomic E-state index is -0.154. The number of carbonyl (C=O) groups is 2. The van der Waals surface area contributed by atoms with Gasteiger partial charge in [0.1, 0.15) is 0 Å². The Labute approximate surface area is 148 Å². The Hall–Kier alpha value is -1.69. The third-order valence-electron chi connectivity index (χ3n) is 2.74. The van der Waals surface area contributed by atoms with Crippen molar-refractivity contribution in [1.82, 2.24) is 0 Å². The molecule has 0 fully saturated rings. The number of nitrogens with one attached hydrogen (secondary N) is 2. The molecule has 0 aliphatic heterocycles. The summed E-state index contributed by atoms with van der Waals surface area (Å²) in [6.45, 7) is 1.44. The van der Waals surface area contributed by atoms with Gasteiger partial charge in [0.2, 0.25) is 11.8 Å². The van der Waals surface area contributed by atoms with E-state index in [1.54, 1.807) is 42.5 Å². The molecule has 0 spiro atoms. The standard InChI is InChI=1S/C16H14Cl2N2O2S/c1-10(21)19-12-3-5-13(6-4-12)20-16(22)9-23-15-8-11(17)2-7-14(15)18/h2-8H,9H2,1H3,(H,19,21)(H,20,22). The van der Waals surface area contributed by atoms with Crippen molar-refractivity contribution in [1.29, 1.82) is 0 Å². The first-order valence-corrected chi connectivity index (χ1v) is 8.43. The maximum absolute atomic E-state index is 12.0. The van der Waals surface area contributed by atoms with Crippen LogP contribution in [0.2, 0.25) is 10.0 Å². The number of anilines is 2. The van der Waals surface area contributed by atoms with Crippen LogP contribution in [0.15, 0.2) is 47.4 Å². The second-order valence-corrected chi connectivity index (χ2v) is 6.53. The molecule has 2 aromatic carbocycles. The van der Waals surface area contributed by atoms with E-state index in [0.717, 1.165) is 4.90 Å². The highest BCUT2D eigenvalue weighted by Gasteiger charge is 2.07. The molecule has 7 heteroatoms. The topological polar surface area (TPSA) is 58.2 Å². The highest BCUT2D eigenvalue weighted by atomic mass is 35.5. The van der Waals surface area contributed by atoms with Gasteiger partial charge in [0.15, 0.2) is 0 Å². The van der Waals surface area contributed by atoms with Crippen molar-refractivity contribution in [3.8, 4) is 0 Å². The van der Waals surface area contributed by atoms with Crippen LogP contribution in [0.25, 0.3) is 0 Å². The van der Waals surface area contributed by atoms with Crippen molar-refractivity contribution in [2.24, 2.45) is 0 Å². The first-order valence-electron chi connectivity index (χ1n) is 6.69. The highest BCUT2D eigenvalue weighted by Crippen LogP contribution is 2.29. The van der Waals surface area contributed by atoms with Gasteiger partial charge >= 0.3 is 0 Å². The maximum Gasteiger partial charge on any atom is 0.234 e. The van der Waals surface area contributed by atoms with Crippen LogP contribution >= 0.6 is 35.0 Å². The van der Waals surface area contributed by atoms with Gasteiger partial charge in [-0.3, -0.25) is 9.59 Å². The van der Waals surface area contributed by atoms with Gasteiger partial charge in [-0.15, -0.1) is 11.8 Å². The molecule has 0 aromatic heterocycles. The van der Waals surface area contributed by atoms with Crippen molar-refractivity contribution < 1.29 is 9.59 Å². The van der Waals surface area contributed by atoms with Crippen LogP contribution in [0.1, 0.15) is 6.92 Å². The van der Waals surface area contributed by atoms with E-state index in [0.29, 0.717) is 21.4 Å². The fraction of sp³-hybridized carbons (Fsp3) is 0.125. The zero-order valence-electron chi connectivity index (χ0n) is 12.2. The summed E-state index contributed by atoms with van der Waals surface area (Å²) in [7, 11) is 0. The zero-order valence-corrected chi connectivity index (χ0v) is 14.6. The zero-order chi connectivity index (χ0) is 16.8. The van der Waals surface area contributed by atoms with Crippen LogP contribution in [-0.2, 0) is 9.59 Å². The number of benzene rings is 2. The lowest BCUT2D eigenvalue weighted by Crippen LogP contribution is -2.14. The summed E-state index contributed by atoms with van der Waals surface area (Å²) in [5, 5.41) is 6.58. The molecule has 4 nitrogen and oxygen atoms in total. The number of halogens is 2. The molecule has 0 saturated carbocycles.